The SMILES string of the molecule is CNC(=O)C(NC(=O)CN(C)S(=O)(=O)c1cccs1)c1ccc(F)c(F)c1. The van der Waals surface area contributed by atoms with E-state index in [1.54, 1.807) is 11.4 Å². The molecule has 1 aromatic carbocycles. The summed E-state index contributed by atoms with van der Waals surface area (Å²) >= 11 is 1.00. The fraction of sp³-hybridized carbons (Fsp3) is 0.250. The van der Waals surface area contributed by atoms with E-state index < -0.39 is 46.1 Å². The molecule has 0 fully saturated rings. The Labute approximate surface area is 159 Å². The van der Waals surface area contributed by atoms with Crippen LogP contribution in [0.25, 0.3) is 0 Å². The standard InChI is InChI=1S/C16H17F2N3O4S2/c1-19-16(23)15(10-5-6-11(17)12(18)8-10)20-13(22)9-21(2)27(24,25)14-4-3-7-26-14/h3-8,15H,9H2,1-2H3,(H,19,23)(H,20,22). The molecule has 1 unspecified atom stereocenters. The van der Waals surface area contributed by atoms with Gasteiger partial charge in [-0.15, -0.1) is 11.3 Å². The molecule has 27 heavy (non-hydrogen) atoms. The summed E-state index contributed by atoms with van der Waals surface area (Å²) in [5, 5.41) is 6.23. The minimum Gasteiger partial charge on any atom is -0.357 e. The van der Waals surface area contributed by atoms with Crippen LogP contribution in [0.15, 0.2) is 39.9 Å². The van der Waals surface area contributed by atoms with E-state index in [0.29, 0.717) is 0 Å². The Hall–Kier alpha value is -2.37. The van der Waals surface area contributed by atoms with E-state index in [1.807, 2.05) is 0 Å². The zero-order valence-electron chi connectivity index (χ0n) is 14.4. The number of nitrogens with zero attached hydrogens (tertiary/aromatic N) is 1. The molecule has 146 valence electrons. The summed E-state index contributed by atoms with van der Waals surface area (Å²) in [5.74, 6) is -3.72. The molecule has 2 aromatic rings. The Bertz CT molecular complexity index is 933. The second-order valence-electron chi connectivity index (χ2n) is 5.48. The number of halogens is 2. The van der Waals surface area contributed by atoms with Crippen LogP contribution in [0.4, 0.5) is 8.78 Å². The summed E-state index contributed by atoms with van der Waals surface area (Å²) < 4.78 is 52.2. The van der Waals surface area contributed by atoms with E-state index in [0.717, 1.165) is 33.8 Å². The highest BCUT2D eigenvalue weighted by Crippen LogP contribution is 2.20. The van der Waals surface area contributed by atoms with Crippen LogP contribution < -0.4 is 10.6 Å². The molecule has 0 radical (unpaired) electrons. The highest BCUT2D eigenvalue weighted by Gasteiger charge is 2.27. The summed E-state index contributed by atoms with van der Waals surface area (Å²) in [5.41, 5.74) is 0.0189. The number of sulfonamides is 1. The van der Waals surface area contributed by atoms with Crippen molar-refractivity contribution in [2.45, 2.75) is 10.3 Å². The van der Waals surface area contributed by atoms with Crippen molar-refractivity contribution in [3.05, 3.63) is 52.9 Å². The average Bonchev–Trinajstić information content (AvgIpc) is 3.17. The van der Waals surface area contributed by atoms with Gasteiger partial charge in [-0.1, -0.05) is 12.1 Å². The number of benzene rings is 1. The Balaban J connectivity index is 2.16. The van der Waals surface area contributed by atoms with E-state index >= 15 is 0 Å². The molecule has 0 aliphatic rings. The van der Waals surface area contributed by atoms with E-state index in [9.17, 15) is 26.8 Å². The molecule has 0 saturated heterocycles. The van der Waals surface area contributed by atoms with Gasteiger partial charge in [0.1, 0.15) is 10.3 Å². The molecule has 11 heteroatoms. The van der Waals surface area contributed by atoms with Crippen LogP contribution in [0.5, 0.6) is 0 Å². The molecule has 1 atom stereocenters. The monoisotopic (exact) mass is 417 g/mol. The van der Waals surface area contributed by atoms with Crippen LogP contribution in [0.3, 0.4) is 0 Å². The van der Waals surface area contributed by atoms with Crippen LogP contribution in [0, 0.1) is 11.6 Å². The third kappa shape index (κ3) is 4.87. The quantitative estimate of drug-likeness (QED) is 0.709. The van der Waals surface area contributed by atoms with Gasteiger partial charge in [-0.3, -0.25) is 9.59 Å². The topological polar surface area (TPSA) is 95.6 Å². The molecule has 7 nitrogen and oxygen atoms in total. The lowest BCUT2D eigenvalue weighted by atomic mass is 10.1. The summed E-state index contributed by atoms with van der Waals surface area (Å²) in [4.78, 5) is 24.3. The first-order valence-electron chi connectivity index (χ1n) is 7.62. The van der Waals surface area contributed by atoms with Crippen LogP contribution in [-0.4, -0.2) is 45.2 Å². The molecule has 2 N–H and O–H groups in total. The van der Waals surface area contributed by atoms with Gasteiger partial charge in [-0.2, -0.15) is 4.31 Å². The van der Waals surface area contributed by atoms with E-state index in [1.165, 1.54) is 20.2 Å². The molecule has 0 spiro atoms. The molecule has 0 aliphatic carbocycles. The van der Waals surface area contributed by atoms with Crippen molar-refractivity contribution in [1.82, 2.24) is 14.9 Å². The molecule has 0 saturated carbocycles. The van der Waals surface area contributed by atoms with Gasteiger partial charge in [-0.25, -0.2) is 17.2 Å². The average molecular weight is 417 g/mol. The van der Waals surface area contributed by atoms with Crippen molar-refractivity contribution in [3.8, 4) is 0 Å². The zero-order valence-corrected chi connectivity index (χ0v) is 16.0. The lowest BCUT2D eigenvalue weighted by Crippen LogP contribution is -2.44. The molecule has 0 bridgehead atoms. The lowest BCUT2D eigenvalue weighted by molar-refractivity contribution is -0.128. The number of carbonyl (C=O) groups excluding carboxylic acids is 2. The number of nitrogens with one attached hydrogen (secondary N) is 2. The normalized spacial score (nSPS) is 12.6. The third-order valence-corrected chi connectivity index (χ3v) is 6.79. The first-order chi connectivity index (χ1) is 12.7. The van der Waals surface area contributed by atoms with Gasteiger partial charge in [0.05, 0.1) is 6.54 Å². The molecule has 2 amide bonds. The Morgan fingerprint density at radius 3 is 2.48 bits per heavy atom. The van der Waals surface area contributed by atoms with Crippen molar-refractivity contribution in [2.75, 3.05) is 20.6 Å². The zero-order chi connectivity index (χ0) is 20.2. The number of amides is 2. The Morgan fingerprint density at radius 1 is 1.22 bits per heavy atom. The van der Waals surface area contributed by atoms with Gasteiger partial charge in [0.25, 0.3) is 10.0 Å². The van der Waals surface area contributed by atoms with Crippen molar-refractivity contribution in [3.63, 3.8) is 0 Å². The highest BCUT2D eigenvalue weighted by molar-refractivity contribution is 7.91. The summed E-state index contributed by atoms with van der Waals surface area (Å²) in [6.45, 7) is -0.558. The number of carbonyl (C=O) groups is 2. The maximum absolute atomic E-state index is 13.5. The van der Waals surface area contributed by atoms with Crippen LogP contribution >= 0.6 is 11.3 Å². The Kier molecular flexibility index (Phi) is 6.63. The van der Waals surface area contributed by atoms with Crippen molar-refractivity contribution >= 4 is 33.2 Å². The minimum absolute atomic E-state index is 0.0189. The van der Waals surface area contributed by atoms with Gasteiger partial charge in [0, 0.05) is 14.1 Å². The fourth-order valence-corrected chi connectivity index (χ4v) is 4.52. The first-order valence-corrected chi connectivity index (χ1v) is 9.94. The van der Waals surface area contributed by atoms with Crippen molar-refractivity contribution in [1.29, 1.82) is 0 Å². The molecular weight excluding hydrogens is 400 g/mol. The van der Waals surface area contributed by atoms with Gasteiger partial charge in [0.15, 0.2) is 11.6 Å². The summed E-state index contributed by atoms with van der Waals surface area (Å²) in [6.07, 6.45) is 0. The van der Waals surface area contributed by atoms with Gasteiger partial charge in [-0.05, 0) is 29.1 Å². The third-order valence-electron chi connectivity index (χ3n) is 3.62. The van der Waals surface area contributed by atoms with Crippen molar-refractivity contribution in [2.24, 2.45) is 0 Å². The highest BCUT2D eigenvalue weighted by atomic mass is 32.2. The molecular formula is C16H17F2N3O4S2. The smallest absolute Gasteiger partial charge is 0.252 e. The van der Waals surface area contributed by atoms with E-state index in [-0.39, 0.29) is 9.77 Å². The number of hydrogen-bond donors (Lipinski definition) is 2. The second kappa shape index (κ2) is 8.55. The van der Waals surface area contributed by atoms with Crippen molar-refractivity contribution < 1.29 is 26.8 Å². The Morgan fingerprint density at radius 2 is 1.93 bits per heavy atom. The van der Waals surface area contributed by atoms with Crippen LogP contribution in [-0.2, 0) is 19.6 Å². The minimum atomic E-state index is -3.85. The predicted octanol–water partition coefficient (Wildman–Crippen LogP) is 1.25. The van der Waals surface area contributed by atoms with Crippen LogP contribution in [0.2, 0.25) is 0 Å². The molecule has 0 aliphatic heterocycles. The van der Waals surface area contributed by atoms with Crippen LogP contribution in [0.1, 0.15) is 11.6 Å². The van der Waals surface area contributed by atoms with Gasteiger partial charge >= 0.3 is 0 Å². The second-order valence-corrected chi connectivity index (χ2v) is 8.70. The first kappa shape index (κ1) is 20.9. The van der Waals surface area contributed by atoms with E-state index in [2.05, 4.69) is 10.6 Å². The lowest BCUT2D eigenvalue weighted by Gasteiger charge is -2.20. The molecule has 1 heterocycles. The predicted molar refractivity (Wildman–Crippen MR) is 95.4 cm³/mol. The maximum Gasteiger partial charge on any atom is 0.252 e. The fourth-order valence-electron chi connectivity index (χ4n) is 2.19. The number of thiophene rings is 1. The molecule has 2 rings (SSSR count). The number of hydrogen-bond acceptors (Lipinski definition) is 5. The van der Waals surface area contributed by atoms with Gasteiger partial charge < -0.3 is 10.6 Å². The van der Waals surface area contributed by atoms with E-state index in [4.69, 9.17) is 0 Å². The maximum atomic E-state index is 13.5. The molecule has 1 aromatic heterocycles. The number of rotatable bonds is 7. The van der Waals surface area contributed by atoms with Gasteiger partial charge in [0.2, 0.25) is 11.8 Å². The largest absolute Gasteiger partial charge is 0.357 e. The summed E-state index contributed by atoms with van der Waals surface area (Å²) in [7, 11) is -1.31. The summed E-state index contributed by atoms with van der Waals surface area (Å²) in [6, 6.07) is 4.45. The number of likely N-dealkylation sites (N-methyl/N-ethyl adjacent to an activating group) is 2.